The largest absolute Gasteiger partial charge is 0.384 e. The molecule has 76 valence electrons. The third-order valence-electron chi connectivity index (χ3n) is 2.17. The van der Waals surface area contributed by atoms with Gasteiger partial charge >= 0.3 is 0 Å². The molecule has 0 saturated carbocycles. The van der Waals surface area contributed by atoms with Crippen molar-refractivity contribution in [1.82, 2.24) is 5.32 Å². The molecule has 0 amide bonds. The highest BCUT2D eigenvalue weighted by molar-refractivity contribution is 5.81. The van der Waals surface area contributed by atoms with Gasteiger partial charge in [-0.15, -0.1) is 0 Å². The van der Waals surface area contributed by atoms with E-state index in [1.54, 1.807) is 0 Å². The molecular weight excluding hydrogens is 174 g/mol. The number of nitrogens with zero attached hydrogens (tertiary/aromatic N) is 1. The molecule has 0 bridgehead atoms. The van der Waals surface area contributed by atoms with Gasteiger partial charge in [0.05, 0.1) is 0 Å². The summed E-state index contributed by atoms with van der Waals surface area (Å²) in [5.74, 6) is 0. The summed E-state index contributed by atoms with van der Waals surface area (Å²) in [7, 11) is 0. The van der Waals surface area contributed by atoms with Crippen LogP contribution in [0.3, 0.4) is 0 Å². The third kappa shape index (κ3) is 3.17. The number of aliphatic imine (C=N–C) groups is 1. The molecule has 1 unspecified atom stereocenters. The first-order valence-corrected chi connectivity index (χ1v) is 4.87. The van der Waals surface area contributed by atoms with E-state index in [1.807, 2.05) is 19.3 Å². The maximum absolute atomic E-state index is 7.02. The van der Waals surface area contributed by atoms with Gasteiger partial charge in [-0.1, -0.05) is 6.08 Å². The van der Waals surface area contributed by atoms with Crippen LogP contribution in [0.5, 0.6) is 0 Å². The van der Waals surface area contributed by atoms with E-state index >= 15 is 0 Å². The van der Waals surface area contributed by atoms with Gasteiger partial charge in [0, 0.05) is 31.2 Å². The first kappa shape index (κ1) is 10.7. The van der Waals surface area contributed by atoms with Crippen molar-refractivity contribution in [1.29, 1.82) is 5.41 Å². The molecule has 0 spiro atoms. The van der Waals surface area contributed by atoms with Crippen molar-refractivity contribution < 1.29 is 0 Å². The molecule has 1 aliphatic rings. The normalized spacial score (nSPS) is 18.7. The molecule has 1 atom stereocenters. The number of hydrogen-bond donors (Lipinski definition) is 2. The first-order chi connectivity index (χ1) is 6.74. The van der Waals surface area contributed by atoms with Crippen LogP contribution in [0.1, 0.15) is 20.3 Å². The fraction of sp³-hybridized carbons (Fsp3) is 0.455. The fourth-order valence-electron chi connectivity index (χ4n) is 1.21. The second-order valence-electron chi connectivity index (χ2n) is 3.45. The average Bonchev–Trinajstić information content (AvgIpc) is 2.26. The Morgan fingerprint density at radius 1 is 1.71 bits per heavy atom. The molecule has 14 heavy (non-hydrogen) atoms. The zero-order valence-corrected chi connectivity index (χ0v) is 8.75. The SMILES string of the molecule is C/C(C=N)=C/NC(C)C1=CCCN=C1. The summed E-state index contributed by atoms with van der Waals surface area (Å²) >= 11 is 0. The summed E-state index contributed by atoms with van der Waals surface area (Å²) in [6, 6.07) is 0.272. The second-order valence-corrected chi connectivity index (χ2v) is 3.45. The molecule has 0 aromatic carbocycles. The number of dihydropyridines is 1. The molecule has 2 N–H and O–H groups in total. The first-order valence-electron chi connectivity index (χ1n) is 4.87. The quantitative estimate of drug-likeness (QED) is 0.655. The van der Waals surface area contributed by atoms with Crippen molar-refractivity contribution >= 4 is 12.4 Å². The van der Waals surface area contributed by atoms with Crippen LogP contribution in [0.2, 0.25) is 0 Å². The van der Waals surface area contributed by atoms with Gasteiger partial charge < -0.3 is 10.7 Å². The number of allylic oxidation sites excluding steroid dienone is 1. The van der Waals surface area contributed by atoms with E-state index in [9.17, 15) is 0 Å². The average molecular weight is 191 g/mol. The summed E-state index contributed by atoms with van der Waals surface area (Å²) in [6.45, 7) is 4.90. The molecule has 0 fully saturated rings. The second kappa shape index (κ2) is 5.37. The van der Waals surface area contributed by atoms with Crippen molar-refractivity contribution in [3.05, 3.63) is 23.4 Å². The van der Waals surface area contributed by atoms with Crippen LogP contribution in [0.15, 0.2) is 28.4 Å². The number of hydrogen-bond acceptors (Lipinski definition) is 3. The minimum Gasteiger partial charge on any atom is -0.384 e. The summed E-state index contributed by atoms with van der Waals surface area (Å²) in [5, 5.41) is 10.3. The zero-order valence-electron chi connectivity index (χ0n) is 8.75. The standard InChI is InChI=1S/C11H17N3/c1-9(6-12)7-14-10(2)11-4-3-5-13-8-11/h4,6-8,10,12,14H,3,5H2,1-2H3/b9-7-,12-6?. The van der Waals surface area contributed by atoms with E-state index < -0.39 is 0 Å². The van der Waals surface area contributed by atoms with E-state index in [1.165, 1.54) is 11.8 Å². The van der Waals surface area contributed by atoms with Crippen molar-refractivity contribution in [3.8, 4) is 0 Å². The minimum atomic E-state index is 0.272. The monoisotopic (exact) mass is 191 g/mol. The maximum atomic E-state index is 7.02. The van der Waals surface area contributed by atoms with Crippen molar-refractivity contribution in [3.63, 3.8) is 0 Å². The topological polar surface area (TPSA) is 48.2 Å². The van der Waals surface area contributed by atoms with E-state index in [0.717, 1.165) is 18.5 Å². The van der Waals surface area contributed by atoms with Gasteiger partial charge in [-0.2, -0.15) is 0 Å². The Bertz CT molecular complexity index is 287. The lowest BCUT2D eigenvalue weighted by Crippen LogP contribution is -2.25. The van der Waals surface area contributed by atoms with E-state index in [2.05, 4.69) is 23.3 Å². The Balaban J connectivity index is 2.49. The van der Waals surface area contributed by atoms with Gasteiger partial charge in [-0.3, -0.25) is 4.99 Å². The highest BCUT2D eigenvalue weighted by atomic mass is 14.9. The smallest absolute Gasteiger partial charge is 0.0492 e. The summed E-state index contributed by atoms with van der Waals surface area (Å²) in [6.07, 6.45) is 8.36. The lowest BCUT2D eigenvalue weighted by atomic mass is 10.1. The number of rotatable bonds is 4. The van der Waals surface area contributed by atoms with Crippen LogP contribution >= 0.6 is 0 Å². The summed E-state index contributed by atoms with van der Waals surface area (Å²) in [4.78, 5) is 4.23. The van der Waals surface area contributed by atoms with Crippen molar-refractivity contribution in [2.45, 2.75) is 26.3 Å². The predicted octanol–water partition coefficient (Wildman–Crippen LogP) is 1.92. The van der Waals surface area contributed by atoms with Gasteiger partial charge in [-0.05, 0) is 31.4 Å². The Labute approximate surface area is 85.1 Å². The fourth-order valence-corrected chi connectivity index (χ4v) is 1.21. The zero-order chi connectivity index (χ0) is 10.4. The van der Waals surface area contributed by atoms with Crippen LogP contribution < -0.4 is 5.32 Å². The van der Waals surface area contributed by atoms with Gasteiger partial charge in [0.15, 0.2) is 0 Å². The van der Waals surface area contributed by atoms with Gasteiger partial charge in [0.2, 0.25) is 0 Å². The Morgan fingerprint density at radius 3 is 3.07 bits per heavy atom. The molecule has 0 radical (unpaired) electrons. The van der Waals surface area contributed by atoms with E-state index in [-0.39, 0.29) is 6.04 Å². The van der Waals surface area contributed by atoms with Crippen molar-refractivity contribution in [2.24, 2.45) is 4.99 Å². The van der Waals surface area contributed by atoms with Crippen LogP contribution in [-0.4, -0.2) is 25.0 Å². The van der Waals surface area contributed by atoms with Crippen LogP contribution in [0.25, 0.3) is 0 Å². The molecule has 1 aliphatic heterocycles. The van der Waals surface area contributed by atoms with Crippen LogP contribution in [0, 0.1) is 5.41 Å². The molecule has 0 saturated heterocycles. The highest BCUT2D eigenvalue weighted by Gasteiger charge is 2.05. The molecule has 3 nitrogen and oxygen atoms in total. The minimum absolute atomic E-state index is 0.272. The van der Waals surface area contributed by atoms with Crippen LogP contribution in [-0.2, 0) is 0 Å². The lowest BCUT2D eigenvalue weighted by molar-refractivity contribution is 0.740. The predicted molar refractivity (Wildman–Crippen MR) is 61.2 cm³/mol. The summed E-state index contributed by atoms with van der Waals surface area (Å²) in [5.41, 5.74) is 2.15. The molecule has 1 heterocycles. The molecule has 0 aromatic rings. The summed E-state index contributed by atoms with van der Waals surface area (Å²) < 4.78 is 0. The third-order valence-corrected chi connectivity index (χ3v) is 2.17. The lowest BCUT2D eigenvalue weighted by Gasteiger charge is -2.15. The molecular formula is C11H17N3. The molecule has 0 aromatic heterocycles. The van der Waals surface area contributed by atoms with E-state index in [0.29, 0.717) is 0 Å². The molecule has 0 aliphatic carbocycles. The Hall–Kier alpha value is -1.38. The molecule has 1 rings (SSSR count). The van der Waals surface area contributed by atoms with Gasteiger partial charge in [-0.25, -0.2) is 0 Å². The Morgan fingerprint density at radius 2 is 2.50 bits per heavy atom. The van der Waals surface area contributed by atoms with Crippen molar-refractivity contribution in [2.75, 3.05) is 6.54 Å². The van der Waals surface area contributed by atoms with Gasteiger partial charge in [0.25, 0.3) is 0 Å². The van der Waals surface area contributed by atoms with E-state index in [4.69, 9.17) is 5.41 Å². The van der Waals surface area contributed by atoms with Gasteiger partial charge in [0.1, 0.15) is 0 Å². The highest BCUT2D eigenvalue weighted by Crippen LogP contribution is 2.05. The molecule has 3 heteroatoms. The Kier molecular flexibility index (Phi) is 4.11. The van der Waals surface area contributed by atoms with Crippen LogP contribution in [0.4, 0.5) is 0 Å². The number of nitrogens with one attached hydrogen (secondary N) is 2. The maximum Gasteiger partial charge on any atom is 0.0492 e.